The number of nitrogens with one attached hydrogen (secondary N) is 1. The van der Waals surface area contributed by atoms with Crippen molar-refractivity contribution in [3.8, 4) is 0 Å². The van der Waals surface area contributed by atoms with Crippen LogP contribution < -0.4 is 10.5 Å². The Morgan fingerprint density at radius 2 is 1.80 bits per heavy atom. The Hall–Kier alpha value is -1.12. The molecule has 0 spiro atoms. The monoisotopic (exact) mass is 310 g/mol. The molecule has 0 saturated heterocycles. The van der Waals surface area contributed by atoms with Gasteiger partial charge in [0.1, 0.15) is 17.5 Å². The first kappa shape index (κ1) is 16.9. The molecule has 0 aliphatic carbocycles. The van der Waals surface area contributed by atoms with Crippen LogP contribution >= 0.6 is 0 Å². The van der Waals surface area contributed by atoms with Crippen LogP contribution in [-0.2, 0) is 10.0 Å². The lowest BCUT2D eigenvalue weighted by atomic mass is 10.1. The topological polar surface area (TPSA) is 72.2 Å². The van der Waals surface area contributed by atoms with Crippen LogP contribution in [0.3, 0.4) is 0 Å². The van der Waals surface area contributed by atoms with Gasteiger partial charge < -0.3 is 5.73 Å². The number of rotatable bonds is 7. The molecular weight excluding hydrogens is 293 g/mol. The Bertz CT molecular complexity index is 541. The maximum absolute atomic E-state index is 13.5. The average Bonchev–Trinajstić information content (AvgIpc) is 2.32. The van der Waals surface area contributed by atoms with Gasteiger partial charge in [0.05, 0.1) is 0 Å². The van der Waals surface area contributed by atoms with Gasteiger partial charge in [0.25, 0.3) is 0 Å². The van der Waals surface area contributed by atoms with Gasteiger partial charge in [-0.2, -0.15) is 0 Å². The van der Waals surface area contributed by atoms with Crippen LogP contribution in [0, 0.1) is 17.5 Å². The van der Waals surface area contributed by atoms with Crippen LogP contribution in [-0.4, -0.2) is 21.0 Å². The molecule has 0 fully saturated rings. The van der Waals surface area contributed by atoms with Crippen LogP contribution in [0.5, 0.6) is 0 Å². The van der Waals surface area contributed by atoms with E-state index in [1.165, 1.54) is 0 Å². The summed E-state index contributed by atoms with van der Waals surface area (Å²) in [6, 6.07) is 0.0197. The number of unbranched alkanes of at least 4 members (excludes halogenated alkanes) is 1. The van der Waals surface area contributed by atoms with Gasteiger partial charge >= 0.3 is 0 Å². The molecule has 0 saturated carbocycles. The van der Waals surface area contributed by atoms with E-state index in [4.69, 9.17) is 5.73 Å². The quantitative estimate of drug-likeness (QED) is 0.808. The molecular formula is C12H17F3N2O2S. The van der Waals surface area contributed by atoms with Gasteiger partial charge in [-0.25, -0.2) is 26.3 Å². The van der Waals surface area contributed by atoms with Crippen LogP contribution in [0.15, 0.2) is 17.0 Å². The summed E-state index contributed by atoms with van der Waals surface area (Å²) < 4.78 is 65.8. The van der Waals surface area contributed by atoms with Crippen molar-refractivity contribution in [2.24, 2.45) is 5.73 Å². The Morgan fingerprint density at radius 1 is 1.25 bits per heavy atom. The van der Waals surface area contributed by atoms with Crippen molar-refractivity contribution in [3.63, 3.8) is 0 Å². The van der Waals surface area contributed by atoms with Crippen molar-refractivity contribution < 1.29 is 21.6 Å². The number of hydrogen-bond acceptors (Lipinski definition) is 3. The summed E-state index contributed by atoms with van der Waals surface area (Å²) >= 11 is 0. The van der Waals surface area contributed by atoms with Crippen molar-refractivity contribution >= 4 is 10.0 Å². The summed E-state index contributed by atoms with van der Waals surface area (Å²) in [6.45, 7) is 1.92. The summed E-state index contributed by atoms with van der Waals surface area (Å²) in [7, 11) is -4.43. The van der Waals surface area contributed by atoms with Crippen molar-refractivity contribution in [2.75, 3.05) is 6.54 Å². The lowest BCUT2D eigenvalue weighted by Crippen LogP contribution is -2.40. The molecule has 1 rings (SSSR count). The molecule has 0 heterocycles. The van der Waals surface area contributed by atoms with Gasteiger partial charge in [-0.3, -0.25) is 0 Å². The summed E-state index contributed by atoms with van der Waals surface area (Å²) in [5.74, 6) is -4.12. The van der Waals surface area contributed by atoms with E-state index in [1.54, 1.807) is 0 Å². The second kappa shape index (κ2) is 7.05. The minimum Gasteiger partial charge on any atom is -0.329 e. The van der Waals surface area contributed by atoms with Crippen LogP contribution in [0.1, 0.15) is 26.2 Å². The number of hydrogen-bond donors (Lipinski definition) is 2. The Labute approximate surface area is 116 Å². The normalized spacial score (nSPS) is 13.4. The SMILES string of the molecule is CCCCC(CN)NS(=O)(=O)c1c(F)cc(F)cc1F. The molecule has 0 aliphatic heterocycles. The largest absolute Gasteiger partial charge is 0.329 e. The molecule has 0 aromatic heterocycles. The Kier molecular flexibility index (Phi) is 5.97. The third-order valence-electron chi connectivity index (χ3n) is 2.74. The van der Waals surface area contributed by atoms with Gasteiger partial charge in [0.15, 0.2) is 4.90 Å². The molecule has 0 amide bonds. The zero-order valence-corrected chi connectivity index (χ0v) is 11.8. The lowest BCUT2D eigenvalue weighted by molar-refractivity contribution is 0.481. The van der Waals surface area contributed by atoms with E-state index >= 15 is 0 Å². The lowest BCUT2D eigenvalue weighted by Gasteiger charge is -2.17. The van der Waals surface area contributed by atoms with Crippen molar-refractivity contribution in [3.05, 3.63) is 29.6 Å². The average molecular weight is 310 g/mol. The summed E-state index contributed by atoms with van der Waals surface area (Å²) in [5, 5.41) is 0. The maximum Gasteiger partial charge on any atom is 0.246 e. The first-order chi connectivity index (χ1) is 9.31. The van der Waals surface area contributed by atoms with Crippen molar-refractivity contribution in [1.29, 1.82) is 0 Å². The van der Waals surface area contributed by atoms with Gasteiger partial charge in [-0.05, 0) is 6.42 Å². The fourth-order valence-corrected chi connectivity index (χ4v) is 3.14. The van der Waals surface area contributed by atoms with E-state index in [9.17, 15) is 21.6 Å². The Balaban J connectivity index is 3.05. The first-order valence-corrected chi connectivity index (χ1v) is 7.67. The van der Waals surface area contributed by atoms with E-state index < -0.39 is 38.4 Å². The highest BCUT2D eigenvalue weighted by Crippen LogP contribution is 2.20. The number of nitrogens with two attached hydrogens (primary N) is 1. The number of halogens is 3. The second-order valence-corrected chi connectivity index (χ2v) is 6.05. The molecule has 1 aromatic carbocycles. The molecule has 1 aromatic rings. The van der Waals surface area contributed by atoms with E-state index in [2.05, 4.69) is 4.72 Å². The maximum atomic E-state index is 13.5. The van der Waals surface area contributed by atoms with Gasteiger partial charge in [0, 0.05) is 24.7 Å². The zero-order valence-electron chi connectivity index (χ0n) is 11.0. The highest BCUT2D eigenvalue weighted by molar-refractivity contribution is 7.89. The van der Waals surface area contributed by atoms with E-state index in [-0.39, 0.29) is 6.54 Å². The minimum atomic E-state index is -4.43. The summed E-state index contributed by atoms with van der Waals surface area (Å²) in [4.78, 5) is -1.19. The van der Waals surface area contributed by atoms with Gasteiger partial charge in [-0.15, -0.1) is 0 Å². The minimum absolute atomic E-state index is 0.00363. The predicted molar refractivity (Wildman–Crippen MR) is 69.0 cm³/mol. The fraction of sp³-hybridized carbons (Fsp3) is 0.500. The first-order valence-electron chi connectivity index (χ1n) is 6.18. The van der Waals surface area contributed by atoms with Crippen molar-refractivity contribution in [1.82, 2.24) is 4.72 Å². The second-order valence-electron chi connectivity index (χ2n) is 4.39. The van der Waals surface area contributed by atoms with E-state index in [0.717, 1.165) is 12.8 Å². The molecule has 0 aliphatic rings. The predicted octanol–water partition coefficient (Wildman–Crippen LogP) is 1.90. The van der Waals surface area contributed by atoms with E-state index in [1.807, 2.05) is 6.92 Å². The fourth-order valence-electron chi connectivity index (χ4n) is 1.74. The molecule has 3 N–H and O–H groups in total. The molecule has 8 heteroatoms. The standard InChI is InChI=1S/C12H17F3N2O2S/c1-2-3-4-9(7-16)17-20(18,19)12-10(14)5-8(13)6-11(12)15/h5-6,9,17H,2-4,7,16H2,1H3. The molecule has 1 unspecified atom stereocenters. The van der Waals surface area contributed by atoms with Crippen LogP contribution in [0.2, 0.25) is 0 Å². The van der Waals surface area contributed by atoms with Crippen LogP contribution in [0.4, 0.5) is 13.2 Å². The highest BCUT2D eigenvalue weighted by atomic mass is 32.2. The number of benzene rings is 1. The molecule has 1 atom stereocenters. The number of sulfonamides is 1. The molecule has 4 nitrogen and oxygen atoms in total. The third kappa shape index (κ3) is 4.19. The van der Waals surface area contributed by atoms with Crippen molar-refractivity contribution in [2.45, 2.75) is 37.1 Å². The molecule has 114 valence electrons. The molecule has 20 heavy (non-hydrogen) atoms. The Morgan fingerprint density at radius 3 is 2.25 bits per heavy atom. The van der Waals surface area contributed by atoms with Crippen LogP contribution in [0.25, 0.3) is 0 Å². The molecule has 0 radical (unpaired) electrons. The molecule has 0 bridgehead atoms. The smallest absolute Gasteiger partial charge is 0.246 e. The summed E-state index contributed by atoms with van der Waals surface area (Å²) in [5.41, 5.74) is 5.42. The van der Waals surface area contributed by atoms with Gasteiger partial charge in [-0.1, -0.05) is 19.8 Å². The van der Waals surface area contributed by atoms with Gasteiger partial charge in [0.2, 0.25) is 10.0 Å². The third-order valence-corrected chi connectivity index (χ3v) is 4.32. The zero-order chi connectivity index (χ0) is 15.3. The highest BCUT2D eigenvalue weighted by Gasteiger charge is 2.27. The summed E-state index contributed by atoms with van der Waals surface area (Å²) in [6.07, 6.45) is 2.01. The van der Waals surface area contributed by atoms with E-state index in [0.29, 0.717) is 18.6 Å².